The van der Waals surface area contributed by atoms with Crippen LogP contribution in [0.2, 0.25) is 0 Å². The van der Waals surface area contributed by atoms with Crippen molar-refractivity contribution in [2.75, 3.05) is 6.61 Å². The van der Waals surface area contributed by atoms with Gasteiger partial charge < -0.3 is 9.52 Å². The van der Waals surface area contributed by atoms with Crippen molar-refractivity contribution >= 4 is 6.08 Å². The third-order valence-electron chi connectivity index (χ3n) is 1.99. The lowest BCUT2D eigenvalue weighted by Gasteiger charge is -1.97. The first-order valence-electron chi connectivity index (χ1n) is 4.63. The summed E-state index contributed by atoms with van der Waals surface area (Å²) in [6.07, 6.45) is 2.51. The summed E-state index contributed by atoms with van der Waals surface area (Å²) in [6, 6.07) is 6.89. The SMILES string of the molecule is OC/C(F)=C\c1ccc(-c2nnco2)cc1. The van der Waals surface area contributed by atoms with E-state index in [0.717, 1.165) is 5.56 Å². The van der Waals surface area contributed by atoms with Crippen molar-refractivity contribution in [3.63, 3.8) is 0 Å². The lowest BCUT2D eigenvalue weighted by atomic mass is 10.1. The first-order chi connectivity index (χ1) is 7.79. The molecule has 0 bridgehead atoms. The molecule has 0 aliphatic rings. The summed E-state index contributed by atoms with van der Waals surface area (Å²) in [6.45, 7) is -0.592. The monoisotopic (exact) mass is 220 g/mol. The molecule has 0 radical (unpaired) electrons. The minimum absolute atomic E-state index is 0.415. The number of benzene rings is 1. The first-order valence-corrected chi connectivity index (χ1v) is 4.63. The number of hydrogen-bond acceptors (Lipinski definition) is 4. The van der Waals surface area contributed by atoms with Gasteiger partial charge in [-0.05, 0) is 23.8 Å². The summed E-state index contributed by atoms with van der Waals surface area (Å²) in [4.78, 5) is 0. The fourth-order valence-corrected chi connectivity index (χ4v) is 1.25. The average Bonchev–Trinajstić information content (AvgIpc) is 2.83. The number of nitrogens with zero attached hydrogens (tertiary/aromatic N) is 2. The van der Waals surface area contributed by atoms with E-state index in [0.29, 0.717) is 11.5 Å². The quantitative estimate of drug-likeness (QED) is 0.859. The van der Waals surface area contributed by atoms with Crippen molar-refractivity contribution in [1.82, 2.24) is 10.2 Å². The molecule has 0 aliphatic carbocycles. The van der Waals surface area contributed by atoms with Crippen LogP contribution in [-0.2, 0) is 0 Å². The Morgan fingerprint density at radius 3 is 2.69 bits per heavy atom. The zero-order valence-electron chi connectivity index (χ0n) is 8.30. The number of aliphatic hydroxyl groups is 1. The lowest BCUT2D eigenvalue weighted by molar-refractivity contribution is 0.300. The second-order valence-electron chi connectivity index (χ2n) is 3.12. The number of halogens is 1. The molecule has 0 fully saturated rings. The second kappa shape index (κ2) is 4.67. The topological polar surface area (TPSA) is 59.2 Å². The summed E-state index contributed by atoms with van der Waals surface area (Å²) < 4.78 is 17.8. The second-order valence-corrected chi connectivity index (χ2v) is 3.12. The van der Waals surface area contributed by atoms with Crippen LogP contribution >= 0.6 is 0 Å². The molecule has 1 heterocycles. The molecule has 0 saturated carbocycles. The molecule has 0 spiro atoms. The Hall–Kier alpha value is -2.01. The van der Waals surface area contributed by atoms with E-state index in [1.807, 2.05) is 0 Å². The number of rotatable bonds is 3. The third kappa shape index (κ3) is 2.32. The summed E-state index contributed by atoms with van der Waals surface area (Å²) in [5.41, 5.74) is 1.42. The van der Waals surface area contributed by atoms with Gasteiger partial charge in [0.25, 0.3) is 0 Å². The minimum atomic E-state index is -0.592. The van der Waals surface area contributed by atoms with Gasteiger partial charge in [0.15, 0.2) is 0 Å². The molecule has 0 amide bonds. The standard InChI is InChI=1S/C11H9FN2O2/c12-10(6-15)5-8-1-3-9(4-2-8)11-14-13-7-16-11/h1-5,7,15H,6H2/b10-5+. The molecule has 5 heteroatoms. The molecule has 82 valence electrons. The van der Waals surface area contributed by atoms with Crippen LogP contribution in [0.5, 0.6) is 0 Å². The van der Waals surface area contributed by atoms with Gasteiger partial charge in [-0.3, -0.25) is 0 Å². The fraction of sp³-hybridized carbons (Fsp3) is 0.0909. The van der Waals surface area contributed by atoms with Gasteiger partial charge in [0.1, 0.15) is 5.83 Å². The number of hydrogen-bond donors (Lipinski definition) is 1. The normalized spacial score (nSPS) is 11.8. The van der Waals surface area contributed by atoms with Crippen LogP contribution in [0, 0.1) is 0 Å². The maximum Gasteiger partial charge on any atom is 0.247 e. The molecule has 2 rings (SSSR count). The van der Waals surface area contributed by atoms with Gasteiger partial charge in [-0.2, -0.15) is 0 Å². The van der Waals surface area contributed by atoms with Gasteiger partial charge in [-0.15, -0.1) is 10.2 Å². The van der Waals surface area contributed by atoms with Crippen molar-refractivity contribution < 1.29 is 13.9 Å². The number of aliphatic hydroxyl groups excluding tert-OH is 1. The van der Waals surface area contributed by atoms with E-state index >= 15 is 0 Å². The van der Waals surface area contributed by atoms with E-state index in [-0.39, 0.29) is 0 Å². The molecule has 1 N–H and O–H groups in total. The first kappa shape index (κ1) is 10.5. The maximum absolute atomic E-state index is 12.8. The van der Waals surface area contributed by atoms with E-state index in [1.54, 1.807) is 24.3 Å². The van der Waals surface area contributed by atoms with E-state index in [4.69, 9.17) is 9.52 Å². The minimum Gasteiger partial charge on any atom is -0.423 e. The van der Waals surface area contributed by atoms with E-state index in [1.165, 1.54) is 12.5 Å². The highest BCUT2D eigenvalue weighted by atomic mass is 19.1. The summed E-state index contributed by atoms with van der Waals surface area (Å²) >= 11 is 0. The Morgan fingerprint density at radius 1 is 1.38 bits per heavy atom. The van der Waals surface area contributed by atoms with E-state index in [2.05, 4.69) is 10.2 Å². The molecular formula is C11H9FN2O2. The molecule has 0 saturated heterocycles. The zero-order chi connectivity index (χ0) is 11.4. The van der Waals surface area contributed by atoms with Gasteiger partial charge in [0.2, 0.25) is 12.3 Å². The molecule has 0 aliphatic heterocycles. The molecule has 0 atom stereocenters. The Morgan fingerprint density at radius 2 is 2.12 bits per heavy atom. The predicted octanol–water partition coefficient (Wildman–Crippen LogP) is 2.04. The smallest absolute Gasteiger partial charge is 0.247 e. The Balaban J connectivity index is 2.23. The van der Waals surface area contributed by atoms with Crippen molar-refractivity contribution in [1.29, 1.82) is 0 Å². The van der Waals surface area contributed by atoms with Crippen molar-refractivity contribution in [2.45, 2.75) is 0 Å². The van der Waals surface area contributed by atoms with Gasteiger partial charge in [0.05, 0.1) is 6.61 Å². The van der Waals surface area contributed by atoms with Crippen LogP contribution < -0.4 is 0 Å². The van der Waals surface area contributed by atoms with Gasteiger partial charge in [0, 0.05) is 5.56 Å². The van der Waals surface area contributed by atoms with Gasteiger partial charge in [-0.25, -0.2) is 4.39 Å². The predicted molar refractivity (Wildman–Crippen MR) is 55.9 cm³/mol. The number of aromatic nitrogens is 2. The van der Waals surface area contributed by atoms with Crippen LogP contribution in [0.1, 0.15) is 5.56 Å². The van der Waals surface area contributed by atoms with Gasteiger partial charge in [-0.1, -0.05) is 12.1 Å². The Labute approximate surface area is 91.1 Å². The fourth-order valence-electron chi connectivity index (χ4n) is 1.25. The Bertz CT molecular complexity index is 477. The van der Waals surface area contributed by atoms with E-state index in [9.17, 15) is 4.39 Å². The van der Waals surface area contributed by atoms with Crippen LogP contribution in [-0.4, -0.2) is 21.9 Å². The van der Waals surface area contributed by atoms with Crippen LogP contribution in [0.4, 0.5) is 4.39 Å². The lowest BCUT2D eigenvalue weighted by Crippen LogP contribution is -1.83. The highest BCUT2D eigenvalue weighted by molar-refractivity contribution is 5.59. The highest BCUT2D eigenvalue weighted by Crippen LogP contribution is 2.17. The molecule has 16 heavy (non-hydrogen) atoms. The molecule has 0 unspecified atom stereocenters. The van der Waals surface area contributed by atoms with Crippen LogP contribution in [0.3, 0.4) is 0 Å². The summed E-state index contributed by atoms with van der Waals surface area (Å²) in [5.74, 6) is -0.163. The van der Waals surface area contributed by atoms with Crippen molar-refractivity contribution in [2.24, 2.45) is 0 Å². The maximum atomic E-state index is 12.8. The Kier molecular flexibility index (Phi) is 3.07. The molecule has 4 nitrogen and oxygen atoms in total. The van der Waals surface area contributed by atoms with Crippen LogP contribution in [0.25, 0.3) is 17.5 Å². The molecule has 2 aromatic rings. The zero-order valence-corrected chi connectivity index (χ0v) is 8.30. The third-order valence-corrected chi connectivity index (χ3v) is 1.99. The average molecular weight is 220 g/mol. The summed E-state index contributed by atoms with van der Waals surface area (Å²) in [7, 11) is 0. The van der Waals surface area contributed by atoms with Crippen LogP contribution in [0.15, 0.2) is 40.9 Å². The highest BCUT2D eigenvalue weighted by Gasteiger charge is 2.02. The molecule has 1 aromatic carbocycles. The molecule has 1 aromatic heterocycles. The summed E-state index contributed by atoms with van der Waals surface area (Å²) in [5, 5.41) is 15.8. The van der Waals surface area contributed by atoms with Crippen molar-refractivity contribution in [3.05, 3.63) is 42.0 Å². The van der Waals surface area contributed by atoms with Crippen molar-refractivity contribution in [3.8, 4) is 11.5 Å². The van der Waals surface area contributed by atoms with E-state index < -0.39 is 12.4 Å². The van der Waals surface area contributed by atoms with Gasteiger partial charge >= 0.3 is 0 Å². The molecular weight excluding hydrogens is 211 g/mol. The largest absolute Gasteiger partial charge is 0.423 e.